The van der Waals surface area contributed by atoms with Crippen molar-refractivity contribution in [3.63, 3.8) is 0 Å². The molecule has 3 rings (SSSR count). The van der Waals surface area contributed by atoms with E-state index in [0.717, 1.165) is 5.19 Å². The third kappa shape index (κ3) is 2.66. The highest BCUT2D eigenvalue weighted by Gasteiger charge is 2.02. The average molecular weight is 257 g/mol. The summed E-state index contributed by atoms with van der Waals surface area (Å²) in [7, 11) is 3.66. The van der Waals surface area contributed by atoms with Crippen molar-refractivity contribution < 1.29 is 0 Å². The molecule has 0 unspecified atom stereocenters. The first kappa shape index (κ1) is 11.9. The molecule has 0 amide bonds. The SMILES string of the molecule is [Si]c1cc(-c2ccccc2)cc(-c2ccccc2)c1. The van der Waals surface area contributed by atoms with Crippen LogP contribution in [-0.2, 0) is 0 Å². The van der Waals surface area contributed by atoms with Gasteiger partial charge in [-0.25, -0.2) is 0 Å². The van der Waals surface area contributed by atoms with E-state index in [-0.39, 0.29) is 0 Å². The van der Waals surface area contributed by atoms with Crippen LogP contribution in [0.3, 0.4) is 0 Å². The van der Waals surface area contributed by atoms with E-state index in [0.29, 0.717) is 0 Å². The van der Waals surface area contributed by atoms with Crippen molar-refractivity contribution in [3.05, 3.63) is 78.9 Å². The molecule has 0 fully saturated rings. The predicted molar refractivity (Wildman–Crippen MR) is 82.7 cm³/mol. The molecule has 0 heterocycles. The van der Waals surface area contributed by atoms with Gasteiger partial charge in [-0.15, -0.1) is 0 Å². The second-order valence-electron chi connectivity index (χ2n) is 4.53. The molecule has 0 spiro atoms. The van der Waals surface area contributed by atoms with Gasteiger partial charge in [-0.1, -0.05) is 78.0 Å². The fourth-order valence-electron chi connectivity index (χ4n) is 2.22. The lowest BCUT2D eigenvalue weighted by molar-refractivity contribution is 1.61. The molecule has 0 bridgehead atoms. The average Bonchev–Trinajstić information content (AvgIpc) is 2.48. The summed E-state index contributed by atoms with van der Waals surface area (Å²) in [5.41, 5.74) is 4.93. The van der Waals surface area contributed by atoms with Gasteiger partial charge in [0.2, 0.25) is 0 Å². The van der Waals surface area contributed by atoms with Crippen molar-refractivity contribution >= 4 is 15.4 Å². The molecule has 0 aliphatic heterocycles. The summed E-state index contributed by atoms with van der Waals surface area (Å²) in [6.07, 6.45) is 0. The van der Waals surface area contributed by atoms with Crippen molar-refractivity contribution in [1.29, 1.82) is 0 Å². The summed E-state index contributed by atoms with van der Waals surface area (Å²) in [5.74, 6) is 0. The monoisotopic (exact) mass is 257 g/mol. The second-order valence-corrected chi connectivity index (χ2v) is 5.11. The fourth-order valence-corrected chi connectivity index (χ4v) is 2.53. The molecule has 3 radical (unpaired) electrons. The zero-order valence-electron chi connectivity index (χ0n) is 10.5. The van der Waals surface area contributed by atoms with E-state index in [1.165, 1.54) is 22.3 Å². The normalized spacial score (nSPS) is 10.4. The maximum atomic E-state index is 3.66. The summed E-state index contributed by atoms with van der Waals surface area (Å²) in [5, 5.41) is 1.10. The van der Waals surface area contributed by atoms with Gasteiger partial charge in [0, 0.05) is 0 Å². The molecule has 89 valence electrons. The molecule has 0 aliphatic rings. The summed E-state index contributed by atoms with van der Waals surface area (Å²) in [6, 6.07) is 27.4. The largest absolute Gasteiger partial charge is 0.0712 e. The van der Waals surface area contributed by atoms with E-state index >= 15 is 0 Å². The minimum Gasteiger partial charge on any atom is -0.0661 e. The van der Waals surface area contributed by atoms with E-state index < -0.39 is 0 Å². The van der Waals surface area contributed by atoms with Crippen molar-refractivity contribution in [2.24, 2.45) is 0 Å². The Bertz CT molecular complexity index is 615. The van der Waals surface area contributed by atoms with Crippen LogP contribution in [0.5, 0.6) is 0 Å². The Labute approximate surface area is 117 Å². The van der Waals surface area contributed by atoms with Crippen molar-refractivity contribution in [2.45, 2.75) is 0 Å². The topological polar surface area (TPSA) is 0 Å². The second kappa shape index (κ2) is 5.25. The molecule has 0 saturated heterocycles. The van der Waals surface area contributed by atoms with E-state index in [1.807, 2.05) is 12.1 Å². The van der Waals surface area contributed by atoms with Gasteiger partial charge in [-0.3, -0.25) is 0 Å². The van der Waals surface area contributed by atoms with Crippen molar-refractivity contribution in [3.8, 4) is 22.3 Å². The molecule has 3 aromatic carbocycles. The van der Waals surface area contributed by atoms with Gasteiger partial charge >= 0.3 is 0 Å². The Kier molecular flexibility index (Phi) is 3.30. The van der Waals surface area contributed by atoms with Crippen LogP contribution in [0.2, 0.25) is 0 Å². The molecule has 0 atom stereocenters. The lowest BCUT2D eigenvalue weighted by Crippen LogP contribution is -2.02. The lowest BCUT2D eigenvalue weighted by Gasteiger charge is -2.08. The maximum absolute atomic E-state index is 3.66. The maximum Gasteiger partial charge on any atom is 0.0712 e. The van der Waals surface area contributed by atoms with Gasteiger partial charge < -0.3 is 0 Å². The molecule has 19 heavy (non-hydrogen) atoms. The number of hydrogen-bond acceptors (Lipinski definition) is 0. The van der Waals surface area contributed by atoms with Crippen molar-refractivity contribution in [2.75, 3.05) is 0 Å². The summed E-state index contributed by atoms with van der Waals surface area (Å²) in [6.45, 7) is 0. The molecule has 0 saturated carbocycles. The zero-order valence-corrected chi connectivity index (χ0v) is 11.5. The van der Waals surface area contributed by atoms with Crippen molar-refractivity contribution in [1.82, 2.24) is 0 Å². The summed E-state index contributed by atoms with van der Waals surface area (Å²) in [4.78, 5) is 0. The van der Waals surface area contributed by atoms with Crippen LogP contribution in [0.4, 0.5) is 0 Å². The van der Waals surface area contributed by atoms with E-state index in [9.17, 15) is 0 Å². The minimum atomic E-state index is 1.10. The first-order valence-corrected chi connectivity index (χ1v) is 6.80. The van der Waals surface area contributed by atoms with Gasteiger partial charge in [-0.05, 0) is 28.3 Å². The summed E-state index contributed by atoms with van der Waals surface area (Å²) >= 11 is 0. The molecule has 0 N–H and O–H groups in total. The molecule has 0 aliphatic carbocycles. The van der Waals surface area contributed by atoms with Crippen LogP contribution in [0, 0.1) is 0 Å². The summed E-state index contributed by atoms with van der Waals surface area (Å²) < 4.78 is 0. The highest BCUT2D eigenvalue weighted by molar-refractivity contribution is 6.33. The Morgan fingerprint density at radius 3 is 1.32 bits per heavy atom. The van der Waals surface area contributed by atoms with Crippen LogP contribution in [0.25, 0.3) is 22.3 Å². The third-order valence-corrected chi connectivity index (χ3v) is 3.44. The predicted octanol–water partition coefficient (Wildman–Crippen LogP) is 3.81. The van der Waals surface area contributed by atoms with Gasteiger partial charge in [0.1, 0.15) is 0 Å². The standard InChI is InChI=1S/C18H13Si/c19-18-12-16(14-7-3-1-4-8-14)11-17(13-18)15-9-5-2-6-10-15/h1-13H. The fraction of sp³-hybridized carbons (Fsp3) is 0. The van der Waals surface area contributed by atoms with Gasteiger partial charge in [0.05, 0.1) is 10.2 Å². The van der Waals surface area contributed by atoms with Crippen LogP contribution < -0.4 is 5.19 Å². The molecular formula is C18H13Si. The highest BCUT2D eigenvalue weighted by Crippen LogP contribution is 2.24. The van der Waals surface area contributed by atoms with Gasteiger partial charge in [0.15, 0.2) is 0 Å². The Hall–Kier alpha value is -2.12. The van der Waals surface area contributed by atoms with E-state index in [1.54, 1.807) is 0 Å². The first-order valence-electron chi connectivity index (χ1n) is 6.30. The lowest BCUT2D eigenvalue weighted by atomic mass is 9.99. The van der Waals surface area contributed by atoms with Crippen LogP contribution in [0.15, 0.2) is 78.9 Å². The Balaban J connectivity index is 2.12. The van der Waals surface area contributed by atoms with Gasteiger partial charge in [0.25, 0.3) is 0 Å². The number of benzene rings is 3. The first-order chi connectivity index (χ1) is 9.33. The van der Waals surface area contributed by atoms with E-state index in [2.05, 4.69) is 77.0 Å². The van der Waals surface area contributed by atoms with Crippen LogP contribution >= 0.6 is 0 Å². The molecule has 1 heteroatoms. The van der Waals surface area contributed by atoms with Crippen LogP contribution in [0.1, 0.15) is 0 Å². The highest BCUT2D eigenvalue weighted by atomic mass is 28.1. The molecule has 0 aromatic heterocycles. The minimum absolute atomic E-state index is 1.10. The van der Waals surface area contributed by atoms with Gasteiger partial charge in [-0.2, -0.15) is 0 Å². The molecule has 0 nitrogen and oxygen atoms in total. The Morgan fingerprint density at radius 1 is 0.474 bits per heavy atom. The quantitative estimate of drug-likeness (QED) is 0.612. The molecular weight excluding hydrogens is 244 g/mol. The number of hydrogen-bond donors (Lipinski definition) is 0. The van der Waals surface area contributed by atoms with Crippen LogP contribution in [-0.4, -0.2) is 10.2 Å². The smallest absolute Gasteiger partial charge is 0.0661 e. The van der Waals surface area contributed by atoms with E-state index in [4.69, 9.17) is 0 Å². The zero-order chi connectivity index (χ0) is 13.1. The Morgan fingerprint density at radius 2 is 0.895 bits per heavy atom. The molecule has 3 aromatic rings. The third-order valence-electron chi connectivity index (χ3n) is 3.15. The number of rotatable bonds is 2.